The third-order valence-corrected chi connectivity index (χ3v) is 4.24. The van der Waals surface area contributed by atoms with Gasteiger partial charge in [-0.2, -0.15) is 0 Å². The van der Waals surface area contributed by atoms with Crippen molar-refractivity contribution in [2.45, 2.75) is 77.4 Å². The highest BCUT2D eigenvalue weighted by atomic mass is 16.6. The van der Waals surface area contributed by atoms with E-state index >= 15 is 0 Å². The molecule has 2 rings (SSSR count). The average molecular weight is 222 g/mol. The van der Waals surface area contributed by atoms with Gasteiger partial charge in [0.05, 0.1) is 11.7 Å². The van der Waals surface area contributed by atoms with Crippen molar-refractivity contribution < 1.29 is 4.74 Å². The van der Waals surface area contributed by atoms with E-state index in [-0.39, 0.29) is 5.60 Å². The molecule has 0 N–H and O–H groups in total. The summed E-state index contributed by atoms with van der Waals surface area (Å²) in [5.41, 5.74) is 1.74. The molecule has 0 amide bonds. The number of hydrogen-bond donors (Lipinski definition) is 0. The van der Waals surface area contributed by atoms with Crippen LogP contribution in [-0.2, 0) is 4.74 Å². The number of allylic oxidation sites excluding steroid dienone is 2. The van der Waals surface area contributed by atoms with Gasteiger partial charge in [-0.05, 0) is 46.0 Å². The maximum atomic E-state index is 5.61. The first-order chi connectivity index (χ1) is 7.58. The Labute approximate surface area is 100 Å². The Morgan fingerprint density at radius 3 is 2.50 bits per heavy atom. The van der Waals surface area contributed by atoms with Crippen molar-refractivity contribution >= 4 is 0 Å². The highest BCUT2D eigenvalue weighted by molar-refractivity contribution is 5.03. The summed E-state index contributed by atoms with van der Waals surface area (Å²) >= 11 is 0. The second kappa shape index (κ2) is 4.91. The second-order valence-corrected chi connectivity index (χ2v) is 6.19. The molecule has 2 aliphatic rings. The predicted octanol–water partition coefficient (Wildman–Crippen LogP) is 4.47. The largest absolute Gasteiger partial charge is 0.367 e. The SMILES string of the molecule is C/C(=C\CC1CCCC1)CCC1OC1(C)C. The summed E-state index contributed by atoms with van der Waals surface area (Å²) in [5, 5.41) is 0. The Hall–Kier alpha value is -0.300. The van der Waals surface area contributed by atoms with Crippen molar-refractivity contribution in [3.63, 3.8) is 0 Å². The molecule has 1 unspecified atom stereocenters. The van der Waals surface area contributed by atoms with Crippen LogP contribution in [-0.4, -0.2) is 11.7 Å². The third-order valence-electron chi connectivity index (χ3n) is 4.24. The molecular weight excluding hydrogens is 196 g/mol. The average Bonchev–Trinajstić information content (AvgIpc) is 2.70. The highest BCUT2D eigenvalue weighted by Gasteiger charge is 2.46. The molecule has 16 heavy (non-hydrogen) atoms. The summed E-state index contributed by atoms with van der Waals surface area (Å²) < 4.78 is 5.61. The first kappa shape index (κ1) is 12.2. The standard InChI is InChI=1S/C15H26O/c1-12(8-10-13-6-4-5-7-13)9-11-14-15(2,3)16-14/h8,13-14H,4-7,9-11H2,1-3H3/b12-8+. The van der Waals surface area contributed by atoms with Crippen molar-refractivity contribution in [2.75, 3.05) is 0 Å². The van der Waals surface area contributed by atoms with Crippen LogP contribution in [0.5, 0.6) is 0 Å². The third kappa shape index (κ3) is 3.35. The first-order valence-electron chi connectivity index (χ1n) is 6.91. The lowest BCUT2D eigenvalue weighted by atomic mass is 9.99. The molecule has 0 spiro atoms. The van der Waals surface area contributed by atoms with Crippen LogP contribution in [0.3, 0.4) is 0 Å². The smallest absolute Gasteiger partial charge is 0.0892 e. The van der Waals surface area contributed by atoms with Gasteiger partial charge in [0.25, 0.3) is 0 Å². The van der Waals surface area contributed by atoms with Crippen LogP contribution >= 0.6 is 0 Å². The van der Waals surface area contributed by atoms with Gasteiger partial charge in [-0.1, -0.05) is 37.3 Å². The lowest BCUT2D eigenvalue weighted by Crippen LogP contribution is -2.02. The molecular formula is C15H26O. The van der Waals surface area contributed by atoms with Crippen molar-refractivity contribution in [1.82, 2.24) is 0 Å². The van der Waals surface area contributed by atoms with E-state index in [2.05, 4.69) is 26.8 Å². The first-order valence-corrected chi connectivity index (χ1v) is 6.91. The molecule has 1 saturated carbocycles. The molecule has 1 atom stereocenters. The molecule has 1 aliphatic heterocycles. The number of hydrogen-bond acceptors (Lipinski definition) is 1. The summed E-state index contributed by atoms with van der Waals surface area (Å²) in [6, 6.07) is 0. The van der Waals surface area contributed by atoms with Gasteiger partial charge in [0, 0.05) is 0 Å². The molecule has 0 radical (unpaired) electrons. The Morgan fingerprint density at radius 1 is 1.31 bits per heavy atom. The molecule has 1 aliphatic carbocycles. The fourth-order valence-electron chi connectivity index (χ4n) is 2.81. The van der Waals surface area contributed by atoms with E-state index < -0.39 is 0 Å². The zero-order valence-electron chi connectivity index (χ0n) is 11.1. The van der Waals surface area contributed by atoms with Crippen molar-refractivity contribution in [1.29, 1.82) is 0 Å². The highest BCUT2D eigenvalue weighted by Crippen LogP contribution is 2.39. The summed E-state index contributed by atoms with van der Waals surface area (Å²) in [5.74, 6) is 0.989. The number of epoxide rings is 1. The van der Waals surface area contributed by atoms with Gasteiger partial charge in [-0.3, -0.25) is 0 Å². The predicted molar refractivity (Wildman–Crippen MR) is 68.5 cm³/mol. The topological polar surface area (TPSA) is 12.5 Å². The van der Waals surface area contributed by atoms with E-state index in [0.29, 0.717) is 6.10 Å². The minimum Gasteiger partial charge on any atom is -0.367 e. The Bertz CT molecular complexity index is 259. The van der Waals surface area contributed by atoms with Gasteiger partial charge in [-0.15, -0.1) is 0 Å². The minimum absolute atomic E-state index is 0.172. The summed E-state index contributed by atoms with van der Waals surface area (Å²) in [7, 11) is 0. The Balaban J connectivity index is 1.63. The Kier molecular flexibility index (Phi) is 3.73. The maximum Gasteiger partial charge on any atom is 0.0892 e. The fraction of sp³-hybridized carbons (Fsp3) is 0.867. The van der Waals surface area contributed by atoms with E-state index in [4.69, 9.17) is 4.74 Å². The van der Waals surface area contributed by atoms with Gasteiger partial charge in [-0.25, -0.2) is 0 Å². The van der Waals surface area contributed by atoms with Crippen LogP contribution in [0.25, 0.3) is 0 Å². The van der Waals surface area contributed by atoms with E-state index in [9.17, 15) is 0 Å². The van der Waals surface area contributed by atoms with Gasteiger partial charge in [0.2, 0.25) is 0 Å². The van der Waals surface area contributed by atoms with E-state index in [1.165, 1.54) is 44.9 Å². The molecule has 1 heteroatoms. The summed E-state index contributed by atoms with van der Waals surface area (Å²) in [4.78, 5) is 0. The van der Waals surface area contributed by atoms with Gasteiger partial charge < -0.3 is 4.74 Å². The molecule has 1 nitrogen and oxygen atoms in total. The molecule has 0 aromatic heterocycles. The zero-order valence-corrected chi connectivity index (χ0v) is 11.1. The lowest BCUT2D eigenvalue weighted by molar-refractivity contribution is 0.320. The summed E-state index contributed by atoms with van der Waals surface area (Å²) in [6.45, 7) is 6.66. The molecule has 2 fully saturated rings. The minimum atomic E-state index is 0.172. The van der Waals surface area contributed by atoms with Crippen LogP contribution in [0.4, 0.5) is 0 Å². The van der Waals surface area contributed by atoms with Crippen molar-refractivity contribution in [3.05, 3.63) is 11.6 Å². The maximum absolute atomic E-state index is 5.61. The van der Waals surface area contributed by atoms with Crippen LogP contribution in [0.2, 0.25) is 0 Å². The Morgan fingerprint density at radius 2 is 1.94 bits per heavy atom. The molecule has 92 valence electrons. The molecule has 0 bridgehead atoms. The quantitative estimate of drug-likeness (QED) is 0.494. The van der Waals surface area contributed by atoms with Crippen molar-refractivity contribution in [3.8, 4) is 0 Å². The zero-order chi connectivity index (χ0) is 11.6. The van der Waals surface area contributed by atoms with E-state index in [0.717, 1.165) is 5.92 Å². The van der Waals surface area contributed by atoms with Gasteiger partial charge in [0.15, 0.2) is 0 Å². The lowest BCUT2D eigenvalue weighted by Gasteiger charge is -2.06. The van der Waals surface area contributed by atoms with Crippen LogP contribution in [0.1, 0.15) is 65.7 Å². The van der Waals surface area contributed by atoms with E-state index in [1.54, 1.807) is 5.57 Å². The van der Waals surface area contributed by atoms with Gasteiger partial charge in [0.1, 0.15) is 0 Å². The second-order valence-electron chi connectivity index (χ2n) is 6.19. The molecule has 0 aromatic carbocycles. The van der Waals surface area contributed by atoms with E-state index in [1.807, 2.05) is 0 Å². The summed E-state index contributed by atoms with van der Waals surface area (Å²) in [6.07, 6.45) is 12.6. The molecule has 0 aromatic rings. The van der Waals surface area contributed by atoms with Crippen molar-refractivity contribution in [2.24, 2.45) is 5.92 Å². The van der Waals surface area contributed by atoms with Crippen LogP contribution in [0.15, 0.2) is 11.6 Å². The molecule has 1 saturated heterocycles. The molecule has 1 heterocycles. The normalized spacial score (nSPS) is 29.7. The fourth-order valence-corrected chi connectivity index (χ4v) is 2.81. The van der Waals surface area contributed by atoms with Crippen LogP contribution < -0.4 is 0 Å². The number of rotatable bonds is 5. The van der Waals surface area contributed by atoms with Crippen LogP contribution in [0, 0.1) is 5.92 Å². The number of ether oxygens (including phenoxy) is 1. The van der Waals surface area contributed by atoms with Gasteiger partial charge >= 0.3 is 0 Å². The monoisotopic (exact) mass is 222 g/mol.